The zero-order valence-electron chi connectivity index (χ0n) is 28.2. The predicted molar refractivity (Wildman–Crippen MR) is 177 cm³/mol. The molecular weight excluding hydrogens is 658 g/mol. The molecule has 5 rings (SSSR count). The molecule has 270 valence electrons. The number of carbonyl (C=O) groups is 2. The summed E-state index contributed by atoms with van der Waals surface area (Å²) >= 11 is 0. The Morgan fingerprint density at radius 1 is 1.10 bits per heavy atom. The molecule has 3 aliphatic rings. The van der Waals surface area contributed by atoms with Crippen molar-refractivity contribution < 1.29 is 51.9 Å². The van der Waals surface area contributed by atoms with Gasteiger partial charge in [0.1, 0.15) is 0 Å². The predicted octanol–water partition coefficient (Wildman–Crippen LogP) is 3.67. The van der Waals surface area contributed by atoms with Crippen molar-refractivity contribution in [3.8, 4) is 11.5 Å². The summed E-state index contributed by atoms with van der Waals surface area (Å²) in [7, 11) is -4.27. The van der Waals surface area contributed by atoms with Crippen molar-refractivity contribution in [1.82, 2.24) is 14.5 Å². The fraction of sp³-hybridized carbons (Fsp3) is 0.588. The summed E-state index contributed by atoms with van der Waals surface area (Å²) < 4.78 is 57.4. The van der Waals surface area contributed by atoms with Crippen LogP contribution >= 0.6 is 0 Å². The molecule has 0 unspecified atom stereocenters. The summed E-state index contributed by atoms with van der Waals surface area (Å²) in [6.45, 7) is 6.16. The van der Waals surface area contributed by atoms with Gasteiger partial charge in [-0.05, 0) is 48.8 Å². The molecule has 2 aromatic rings. The summed E-state index contributed by atoms with van der Waals surface area (Å²) in [5, 5.41) is 25.4. The Hall–Kier alpha value is -3.63. The molecule has 2 saturated heterocycles. The largest absolute Gasteiger partial charge is 0.465 e. The standard InChI is InChI=1S/C34H47N3O11S/c1-4-15-45-32(39)35-14-13-34(2,3)21-36(49(42,43)24-10-11-29-30(18-24)48-22-47-29)19-28(38)26(17-23-8-6-5-7-9-23)37(33(40)41)27-20-46-31-25(27)12-16-44-31/h5-11,18,25-28,31,38H,4,12-17,19-22H2,1-3H3,(H,35,39)(H,40,41)/t25-,26-,27-,28+,31+/m0/s1. The van der Waals surface area contributed by atoms with Crippen LogP contribution in [0.2, 0.25) is 0 Å². The number of alkyl carbamates (subject to hydrolysis) is 1. The number of aliphatic hydroxyl groups excluding tert-OH is 1. The van der Waals surface area contributed by atoms with Crippen molar-refractivity contribution in [3.05, 3.63) is 54.1 Å². The lowest BCUT2D eigenvalue weighted by molar-refractivity contribution is -0.0906. The third-order valence-corrected chi connectivity index (χ3v) is 11.0. The molecule has 3 N–H and O–H groups in total. The van der Waals surface area contributed by atoms with Gasteiger partial charge in [0.25, 0.3) is 0 Å². The lowest BCUT2D eigenvalue weighted by Crippen LogP contribution is -2.58. The number of nitrogens with one attached hydrogen (secondary N) is 1. The van der Waals surface area contributed by atoms with Crippen LogP contribution in [0.3, 0.4) is 0 Å². The number of amides is 2. The Morgan fingerprint density at radius 2 is 1.86 bits per heavy atom. The second kappa shape index (κ2) is 15.9. The number of benzene rings is 2. The van der Waals surface area contributed by atoms with Crippen LogP contribution in [0.1, 0.15) is 45.6 Å². The fourth-order valence-electron chi connectivity index (χ4n) is 6.60. The number of rotatable bonds is 16. The molecule has 0 aliphatic carbocycles. The normalized spacial score (nSPS) is 21.3. The molecule has 14 nitrogen and oxygen atoms in total. The van der Waals surface area contributed by atoms with Crippen LogP contribution in [0.5, 0.6) is 11.5 Å². The number of fused-ring (bicyclic) bond motifs is 2. The second-order valence-electron chi connectivity index (χ2n) is 13.4. The van der Waals surface area contributed by atoms with E-state index < -0.39 is 58.6 Å². The Balaban J connectivity index is 1.45. The number of hydrogen-bond donors (Lipinski definition) is 3. The number of carbonyl (C=O) groups excluding carboxylic acids is 1. The zero-order valence-corrected chi connectivity index (χ0v) is 29.0. The third kappa shape index (κ3) is 8.94. The van der Waals surface area contributed by atoms with Gasteiger partial charge in [0, 0.05) is 31.6 Å². The van der Waals surface area contributed by atoms with Crippen LogP contribution in [0.15, 0.2) is 53.4 Å². The van der Waals surface area contributed by atoms with E-state index in [9.17, 15) is 28.2 Å². The maximum Gasteiger partial charge on any atom is 0.407 e. The minimum Gasteiger partial charge on any atom is -0.465 e. The van der Waals surface area contributed by atoms with Crippen LogP contribution in [0.25, 0.3) is 0 Å². The van der Waals surface area contributed by atoms with Gasteiger partial charge in [-0.2, -0.15) is 4.31 Å². The van der Waals surface area contributed by atoms with Crippen LogP contribution in [0.4, 0.5) is 9.59 Å². The van der Waals surface area contributed by atoms with E-state index in [1.807, 2.05) is 51.1 Å². The van der Waals surface area contributed by atoms with E-state index in [-0.39, 0.29) is 56.1 Å². The maximum atomic E-state index is 14.4. The van der Waals surface area contributed by atoms with E-state index in [1.54, 1.807) is 0 Å². The van der Waals surface area contributed by atoms with Crippen molar-refractivity contribution in [2.24, 2.45) is 11.3 Å². The number of carboxylic acid groups (broad SMARTS) is 1. The fourth-order valence-corrected chi connectivity index (χ4v) is 8.27. The number of nitrogens with zero attached hydrogens (tertiary/aromatic N) is 2. The number of hydrogen-bond acceptors (Lipinski definition) is 10. The highest BCUT2D eigenvalue weighted by atomic mass is 32.2. The van der Waals surface area contributed by atoms with E-state index in [4.69, 9.17) is 23.7 Å². The van der Waals surface area contributed by atoms with Crippen LogP contribution in [0, 0.1) is 11.3 Å². The van der Waals surface area contributed by atoms with Gasteiger partial charge in [-0.1, -0.05) is 51.1 Å². The highest BCUT2D eigenvalue weighted by molar-refractivity contribution is 7.89. The molecule has 3 aliphatic heterocycles. The van der Waals surface area contributed by atoms with E-state index in [0.717, 1.165) is 5.56 Å². The Bertz CT molecular complexity index is 1540. The van der Waals surface area contributed by atoms with Crippen LogP contribution < -0.4 is 14.8 Å². The average Bonchev–Trinajstić information content (AvgIpc) is 3.82. The van der Waals surface area contributed by atoms with E-state index in [2.05, 4.69) is 5.32 Å². The first kappa shape index (κ1) is 36.6. The van der Waals surface area contributed by atoms with Crippen molar-refractivity contribution in [2.45, 2.75) is 75.8 Å². The van der Waals surface area contributed by atoms with Gasteiger partial charge in [0.15, 0.2) is 17.8 Å². The molecule has 0 saturated carbocycles. The van der Waals surface area contributed by atoms with Crippen molar-refractivity contribution in [2.75, 3.05) is 46.2 Å². The summed E-state index contributed by atoms with van der Waals surface area (Å²) in [6, 6.07) is 11.9. The number of sulfonamides is 1. The quantitative estimate of drug-likeness (QED) is 0.233. The van der Waals surface area contributed by atoms with Gasteiger partial charge in [-0.25, -0.2) is 18.0 Å². The molecule has 49 heavy (non-hydrogen) atoms. The molecule has 3 heterocycles. The molecule has 2 amide bonds. The topological polar surface area (TPSA) is 173 Å². The van der Waals surface area contributed by atoms with Gasteiger partial charge in [-0.3, -0.25) is 4.90 Å². The first-order chi connectivity index (χ1) is 23.4. The molecule has 15 heteroatoms. The zero-order chi connectivity index (χ0) is 35.2. The van der Waals surface area contributed by atoms with Crippen LogP contribution in [-0.4, -0.2) is 111 Å². The smallest absolute Gasteiger partial charge is 0.407 e. The molecule has 0 aromatic heterocycles. The van der Waals surface area contributed by atoms with E-state index >= 15 is 0 Å². The first-order valence-electron chi connectivity index (χ1n) is 16.7. The summed E-state index contributed by atoms with van der Waals surface area (Å²) in [6.07, 6.45) is -1.97. The van der Waals surface area contributed by atoms with Gasteiger partial charge >= 0.3 is 12.2 Å². The highest BCUT2D eigenvalue weighted by Gasteiger charge is 2.49. The summed E-state index contributed by atoms with van der Waals surface area (Å²) in [5.74, 6) is 0.481. The van der Waals surface area contributed by atoms with Gasteiger partial charge in [-0.15, -0.1) is 0 Å². The molecule has 2 fully saturated rings. The Labute approximate surface area is 287 Å². The number of ether oxygens (including phenoxy) is 5. The summed E-state index contributed by atoms with van der Waals surface area (Å²) in [4.78, 5) is 26.2. The Kier molecular flexibility index (Phi) is 11.9. The highest BCUT2D eigenvalue weighted by Crippen LogP contribution is 2.38. The first-order valence-corrected chi connectivity index (χ1v) is 18.1. The molecule has 5 atom stereocenters. The van der Waals surface area contributed by atoms with Gasteiger partial charge in [0.2, 0.25) is 16.8 Å². The van der Waals surface area contributed by atoms with Crippen molar-refractivity contribution in [3.63, 3.8) is 0 Å². The molecule has 0 radical (unpaired) electrons. The lowest BCUT2D eigenvalue weighted by atomic mass is 9.89. The van der Waals surface area contributed by atoms with Crippen molar-refractivity contribution >= 4 is 22.2 Å². The molecule has 2 aromatic carbocycles. The van der Waals surface area contributed by atoms with E-state index in [1.165, 1.54) is 27.4 Å². The molecule has 0 bridgehead atoms. The van der Waals surface area contributed by atoms with Crippen LogP contribution in [-0.2, 0) is 30.7 Å². The molecule has 0 spiro atoms. The van der Waals surface area contributed by atoms with Gasteiger partial charge < -0.3 is 39.2 Å². The second-order valence-corrected chi connectivity index (χ2v) is 15.3. The minimum absolute atomic E-state index is 0.0358. The average molecular weight is 706 g/mol. The minimum atomic E-state index is -4.27. The summed E-state index contributed by atoms with van der Waals surface area (Å²) in [5.41, 5.74) is 0.0819. The SMILES string of the molecule is CCCOC(=O)NCCC(C)(C)CN(C[C@@H](O)[C@H](Cc1ccccc1)N(C(=O)O)[C@H]1CO[C@H]2OCC[C@H]21)S(=O)(=O)c1ccc2c(c1)OCO2. The van der Waals surface area contributed by atoms with Crippen molar-refractivity contribution in [1.29, 1.82) is 0 Å². The van der Waals surface area contributed by atoms with E-state index in [0.29, 0.717) is 31.6 Å². The monoisotopic (exact) mass is 705 g/mol. The van der Waals surface area contributed by atoms with Gasteiger partial charge in [0.05, 0.1) is 42.9 Å². The molecular formula is C34H47N3O11S. The maximum absolute atomic E-state index is 14.4. The Morgan fingerprint density at radius 3 is 2.59 bits per heavy atom. The lowest BCUT2D eigenvalue weighted by Gasteiger charge is -2.40. The third-order valence-electron chi connectivity index (χ3n) is 9.16. The number of aliphatic hydroxyl groups is 1.